The van der Waals surface area contributed by atoms with E-state index < -0.39 is 19.7 Å². The summed E-state index contributed by atoms with van der Waals surface area (Å²) in [5, 5.41) is 0. The predicted octanol–water partition coefficient (Wildman–Crippen LogP) is 1.07. The van der Waals surface area contributed by atoms with E-state index in [0.717, 1.165) is 0 Å². The average molecular weight is 261 g/mol. The highest BCUT2D eigenvalue weighted by Crippen LogP contribution is 2.16. The van der Waals surface area contributed by atoms with Crippen molar-refractivity contribution in [1.82, 2.24) is 0 Å². The van der Waals surface area contributed by atoms with Crippen LogP contribution in [0.25, 0.3) is 0 Å². The standard InChI is InChI=1S/C10H13O4S2/c1-3-15(11,12)9-6-5-7-10(8-9)16(13,14)4-2/h5-7H,3-4H2,1-2H3. The Morgan fingerprint density at radius 3 is 1.62 bits per heavy atom. The number of hydrogen-bond acceptors (Lipinski definition) is 4. The number of hydrogen-bond donors (Lipinski definition) is 0. The van der Waals surface area contributed by atoms with Crippen molar-refractivity contribution in [3.63, 3.8) is 0 Å². The zero-order chi connectivity index (χ0) is 12.4. The van der Waals surface area contributed by atoms with Crippen LogP contribution in [0.1, 0.15) is 13.8 Å². The van der Waals surface area contributed by atoms with Crippen LogP contribution in [0.2, 0.25) is 0 Å². The van der Waals surface area contributed by atoms with Crippen LogP contribution < -0.4 is 0 Å². The van der Waals surface area contributed by atoms with Crippen molar-refractivity contribution in [2.24, 2.45) is 0 Å². The molecule has 0 bridgehead atoms. The zero-order valence-electron chi connectivity index (χ0n) is 9.10. The molecule has 0 saturated carbocycles. The van der Waals surface area contributed by atoms with Gasteiger partial charge in [-0.1, -0.05) is 19.9 Å². The molecule has 0 fully saturated rings. The molecule has 0 unspecified atom stereocenters. The molecule has 0 N–H and O–H groups in total. The molecule has 6 heteroatoms. The van der Waals surface area contributed by atoms with Gasteiger partial charge < -0.3 is 0 Å². The molecule has 89 valence electrons. The molecule has 4 nitrogen and oxygen atoms in total. The highest BCUT2D eigenvalue weighted by molar-refractivity contribution is 7.92. The molecule has 1 aromatic rings. The molecule has 0 saturated heterocycles. The van der Waals surface area contributed by atoms with Gasteiger partial charge in [0.15, 0.2) is 19.7 Å². The van der Waals surface area contributed by atoms with E-state index in [4.69, 9.17) is 0 Å². The fourth-order valence-corrected chi connectivity index (χ4v) is 2.89. The number of benzene rings is 1. The van der Waals surface area contributed by atoms with Gasteiger partial charge in [0.2, 0.25) is 0 Å². The Morgan fingerprint density at radius 1 is 0.938 bits per heavy atom. The maximum atomic E-state index is 11.5. The minimum absolute atomic E-state index is 0.0653. The summed E-state index contributed by atoms with van der Waals surface area (Å²) in [6.45, 7) is 3.01. The molecule has 0 aromatic heterocycles. The first kappa shape index (κ1) is 13.2. The number of rotatable bonds is 4. The summed E-state index contributed by atoms with van der Waals surface area (Å²) in [7, 11) is -6.82. The van der Waals surface area contributed by atoms with E-state index in [1.165, 1.54) is 32.0 Å². The summed E-state index contributed by atoms with van der Waals surface area (Å²) < 4.78 is 46.2. The van der Waals surface area contributed by atoms with Gasteiger partial charge in [0.25, 0.3) is 0 Å². The van der Waals surface area contributed by atoms with Crippen molar-refractivity contribution in [2.75, 3.05) is 11.5 Å². The maximum absolute atomic E-state index is 11.5. The second-order valence-electron chi connectivity index (χ2n) is 3.19. The minimum Gasteiger partial charge on any atom is -0.224 e. The van der Waals surface area contributed by atoms with E-state index in [1.54, 1.807) is 0 Å². The molecule has 1 aromatic carbocycles. The molecule has 0 spiro atoms. The summed E-state index contributed by atoms with van der Waals surface area (Å²) in [4.78, 5) is -0.131. The van der Waals surface area contributed by atoms with Crippen molar-refractivity contribution >= 4 is 19.7 Å². The molecule has 0 atom stereocenters. The second kappa shape index (κ2) is 4.55. The van der Waals surface area contributed by atoms with Crippen molar-refractivity contribution in [2.45, 2.75) is 23.6 Å². The van der Waals surface area contributed by atoms with Crippen LogP contribution >= 0.6 is 0 Å². The van der Waals surface area contributed by atoms with E-state index in [2.05, 4.69) is 6.07 Å². The monoisotopic (exact) mass is 261 g/mol. The molecule has 0 heterocycles. The van der Waals surface area contributed by atoms with Crippen LogP contribution in [0.15, 0.2) is 28.0 Å². The van der Waals surface area contributed by atoms with Crippen LogP contribution in [0.4, 0.5) is 0 Å². The maximum Gasteiger partial charge on any atom is 0.178 e. The zero-order valence-corrected chi connectivity index (χ0v) is 10.7. The molecule has 0 aliphatic carbocycles. The van der Waals surface area contributed by atoms with Crippen LogP contribution in [0.5, 0.6) is 0 Å². The predicted molar refractivity (Wildman–Crippen MR) is 60.7 cm³/mol. The van der Waals surface area contributed by atoms with E-state index in [9.17, 15) is 16.8 Å². The summed E-state index contributed by atoms with van der Waals surface area (Å²) in [6, 6.07) is 6.58. The first-order valence-corrected chi connectivity index (χ1v) is 8.12. The topological polar surface area (TPSA) is 68.3 Å². The molecule has 1 rings (SSSR count). The van der Waals surface area contributed by atoms with Crippen molar-refractivity contribution < 1.29 is 16.8 Å². The van der Waals surface area contributed by atoms with Gasteiger partial charge in [-0.3, -0.25) is 0 Å². The third-order valence-corrected chi connectivity index (χ3v) is 5.51. The van der Waals surface area contributed by atoms with Gasteiger partial charge in [-0.15, -0.1) is 0 Å². The Bertz CT molecular complexity index is 521. The fraction of sp³-hybridized carbons (Fsp3) is 0.400. The smallest absolute Gasteiger partial charge is 0.178 e. The van der Waals surface area contributed by atoms with Crippen LogP contribution in [0.3, 0.4) is 0 Å². The quantitative estimate of drug-likeness (QED) is 0.813. The molecular formula is C10H13O4S2. The SMILES string of the molecule is CCS(=O)(=O)c1[c]c(S(=O)(=O)CC)ccc1. The van der Waals surface area contributed by atoms with Gasteiger partial charge in [0.1, 0.15) is 0 Å². The van der Waals surface area contributed by atoms with Gasteiger partial charge in [-0.2, -0.15) is 0 Å². The van der Waals surface area contributed by atoms with Gasteiger partial charge in [-0.25, -0.2) is 16.8 Å². The highest BCUT2D eigenvalue weighted by Gasteiger charge is 2.17. The van der Waals surface area contributed by atoms with Gasteiger partial charge in [-0.05, 0) is 12.1 Å². The van der Waals surface area contributed by atoms with Crippen LogP contribution in [0, 0.1) is 6.07 Å². The lowest BCUT2D eigenvalue weighted by Gasteiger charge is -2.04. The third kappa shape index (κ3) is 2.62. The van der Waals surface area contributed by atoms with Crippen LogP contribution in [-0.4, -0.2) is 28.3 Å². The molecule has 0 amide bonds. The lowest BCUT2D eigenvalue weighted by Crippen LogP contribution is -2.08. The summed E-state index contributed by atoms with van der Waals surface area (Å²) in [6.07, 6.45) is 0. The van der Waals surface area contributed by atoms with Gasteiger partial charge in [0.05, 0.1) is 21.3 Å². The van der Waals surface area contributed by atoms with Crippen LogP contribution in [-0.2, 0) is 19.7 Å². The molecule has 0 aliphatic rings. The molecular weight excluding hydrogens is 248 g/mol. The Labute approximate surface area is 96.1 Å². The first-order valence-electron chi connectivity index (χ1n) is 4.81. The van der Waals surface area contributed by atoms with Gasteiger partial charge >= 0.3 is 0 Å². The lowest BCUT2D eigenvalue weighted by atomic mass is 10.4. The van der Waals surface area contributed by atoms with E-state index in [-0.39, 0.29) is 21.3 Å². The minimum atomic E-state index is -3.41. The summed E-state index contributed by atoms with van der Waals surface area (Å²) in [5.41, 5.74) is 0. The Hall–Kier alpha value is -0.880. The first-order chi connectivity index (χ1) is 7.33. The average Bonchev–Trinajstić information content (AvgIpc) is 2.29. The van der Waals surface area contributed by atoms with Crippen molar-refractivity contribution in [3.8, 4) is 0 Å². The summed E-state index contributed by atoms with van der Waals surface area (Å²) in [5.74, 6) is -0.141. The van der Waals surface area contributed by atoms with E-state index in [1.807, 2.05) is 0 Å². The van der Waals surface area contributed by atoms with E-state index in [0.29, 0.717) is 0 Å². The fourth-order valence-electron chi connectivity index (χ4n) is 1.10. The Morgan fingerprint density at radius 2 is 1.31 bits per heavy atom. The Balaban J connectivity index is 3.37. The third-order valence-electron chi connectivity index (χ3n) is 2.17. The lowest BCUT2D eigenvalue weighted by molar-refractivity contribution is 0.595. The molecule has 0 aliphatic heterocycles. The normalized spacial score (nSPS) is 12.6. The largest absolute Gasteiger partial charge is 0.224 e. The van der Waals surface area contributed by atoms with Crippen molar-refractivity contribution in [1.29, 1.82) is 0 Å². The number of sulfone groups is 2. The molecule has 16 heavy (non-hydrogen) atoms. The van der Waals surface area contributed by atoms with Gasteiger partial charge in [0, 0.05) is 6.07 Å². The molecule has 1 radical (unpaired) electrons. The summed E-state index contributed by atoms with van der Waals surface area (Å²) >= 11 is 0. The second-order valence-corrected chi connectivity index (χ2v) is 7.68. The van der Waals surface area contributed by atoms with E-state index >= 15 is 0 Å². The highest BCUT2D eigenvalue weighted by atomic mass is 32.2. The van der Waals surface area contributed by atoms with Crippen molar-refractivity contribution in [3.05, 3.63) is 24.3 Å². The Kier molecular flexibility index (Phi) is 3.75.